The number of cyclic esters (lactones) is 1. The van der Waals surface area contributed by atoms with Crippen LogP contribution in [0.1, 0.15) is 63.5 Å². The van der Waals surface area contributed by atoms with Gasteiger partial charge in [-0.3, -0.25) is 19.2 Å². The summed E-state index contributed by atoms with van der Waals surface area (Å²) in [5.41, 5.74) is -0.625. The molecule has 4 heterocycles. The van der Waals surface area contributed by atoms with Gasteiger partial charge in [-0.25, -0.2) is 0 Å². The summed E-state index contributed by atoms with van der Waals surface area (Å²) >= 11 is 0. The molecule has 0 unspecified atom stereocenters. The molecule has 2 saturated heterocycles. The third kappa shape index (κ3) is 5.29. The van der Waals surface area contributed by atoms with Gasteiger partial charge in [0.1, 0.15) is 23.7 Å². The molecule has 7 atom stereocenters. The predicted octanol–water partition coefficient (Wildman–Crippen LogP) is 2.43. The van der Waals surface area contributed by atoms with Crippen molar-refractivity contribution in [3.05, 3.63) is 60.2 Å². The van der Waals surface area contributed by atoms with Crippen molar-refractivity contribution in [1.82, 2.24) is 15.1 Å². The first kappa shape index (κ1) is 29.6. The maximum absolute atomic E-state index is 14.7. The van der Waals surface area contributed by atoms with Crippen molar-refractivity contribution in [1.29, 1.82) is 0 Å². The summed E-state index contributed by atoms with van der Waals surface area (Å²) in [6.45, 7) is 1.80. The number of aliphatic hydroxyl groups is 1. The maximum Gasteiger partial charge on any atom is 0.313 e. The normalized spacial score (nSPS) is 35.1. The molecule has 1 saturated carbocycles. The summed E-state index contributed by atoms with van der Waals surface area (Å²) in [5, 5.41) is 13.1. The fourth-order valence-corrected chi connectivity index (χ4v) is 7.62. The van der Waals surface area contributed by atoms with Crippen molar-refractivity contribution in [2.75, 3.05) is 19.7 Å². The largest absolute Gasteiger partial charge is 0.455 e. The topological polar surface area (TPSA) is 125 Å². The van der Waals surface area contributed by atoms with Crippen LogP contribution in [0.5, 0.6) is 0 Å². The van der Waals surface area contributed by atoms with Gasteiger partial charge in [0.05, 0.1) is 31.2 Å². The SMILES string of the molecule is C[C@H](CO)N1C(=O)[C@@H]2[C@H]3C(=O)O[C@@H](c4ccccc4)CNC(=O)CC/C=C\CN(C4CCCCC4)C(=O)[C@@H]1[C@]21C=C[C@H]3O1. The maximum atomic E-state index is 14.7. The number of esters is 1. The minimum Gasteiger partial charge on any atom is -0.455 e. The standard InChI is InChI=1S/C33H41N3O7/c1-21(20-37)36-29-31(40)35(23-13-7-3-8-14-23)18-10-4-9-15-26(38)34-19-25(22-11-5-2-6-12-22)42-32(41)27-24-16-17-33(29,43-24)28(27)30(36)39/h2,4-6,10-12,16-17,21,23-25,27-29,37H,3,7-9,13-15,18-20H2,1H3,(H,34,38)/b10-4-/t21-,24-,25-,27+,28+,29-,33+/m1/s1. The molecule has 2 N–H and O–H groups in total. The molecule has 10 nitrogen and oxygen atoms in total. The zero-order chi connectivity index (χ0) is 30.1. The van der Waals surface area contributed by atoms with E-state index in [9.17, 15) is 24.3 Å². The van der Waals surface area contributed by atoms with Crippen molar-refractivity contribution in [3.8, 4) is 0 Å². The van der Waals surface area contributed by atoms with Crippen molar-refractivity contribution in [3.63, 3.8) is 0 Å². The molecule has 5 aliphatic rings. The van der Waals surface area contributed by atoms with E-state index in [0.717, 1.165) is 32.1 Å². The van der Waals surface area contributed by atoms with Crippen LogP contribution in [0.4, 0.5) is 0 Å². The molecule has 3 amide bonds. The van der Waals surface area contributed by atoms with Crippen LogP contribution in [-0.4, -0.2) is 88.1 Å². The van der Waals surface area contributed by atoms with E-state index in [-0.39, 0.29) is 37.4 Å². The van der Waals surface area contributed by atoms with Crippen molar-refractivity contribution in [2.24, 2.45) is 11.8 Å². The van der Waals surface area contributed by atoms with E-state index in [1.807, 2.05) is 47.4 Å². The summed E-state index contributed by atoms with van der Waals surface area (Å²) in [6, 6.07) is 7.50. The molecule has 43 heavy (non-hydrogen) atoms. The van der Waals surface area contributed by atoms with E-state index >= 15 is 0 Å². The van der Waals surface area contributed by atoms with Gasteiger partial charge in [-0.1, -0.05) is 73.9 Å². The molecular weight excluding hydrogens is 550 g/mol. The van der Waals surface area contributed by atoms with E-state index in [1.165, 1.54) is 4.90 Å². The number of ether oxygens (including phenoxy) is 2. The Morgan fingerprint density at radius 2 is 1.81 bits per heavy atom. The van der Waals surface area contributed by atoms with Crippen molar-refractivity contribution in [2.45, 2.75) is 87.8 Å². The van der Waals surface area contributed by atoms with E-state index < -0.39 is 53.6 Å². The fourth-order valence-electron chi connectivity index (χ4n) is 7.62. The molecular formula is C33H41N3O7. The predicted molar refractivity (Wildman–Crippen MR) is 156 cm³/mol. The number of nitrogens with zero attached hydrogens (tertiary/aromatic N) is 2. The third-order valence-electron chi connectivity index (χ3n) is 9.78. The number of nitrogens with one attached hydrogen (secondary N) is 1. The highest BCUT2D eigenvalue weighted by molar-refractivity contribution is 5.99. The van der Waals surface area contributed by atoms with Crippen LogP contribution in [0, 0.1) is 11.8 Å². The first-order chi connectivity index (χ1) is 20.9. The third-order valence-corrected chi connectivity index (χ3v) is 9.78. The van der Waals surface area contributed by atoms with Crippen LogP contribution < -0.4 is 5.32 Å². The van der Waals surface area contributed by atoms with Crippen LogP contribution >= 0.6 is 0 Å². The molecule has 1 aromatic carbocycles. The highest BCUT2D eigenvalue weighted by Gasteiger charge is 2.74. The van der Waals surface area contributed by atoms with Gasteiger partial charge in [0, 0.05) is 19.0 Å². The molecule has 230 valence electrons. The van der Waals surface area contributed by atoms with E-state index in [0.29, 0.717) is 18.5 Å². The lowest BCUT2D eigenvalue weighted by atomic mass is 9.74. The minimum absolute atomic E-state index is 0.00286. The monoisotopic (exact) mass is 591 g/mol. The average Bonchev–Trinajstić information content (AvgIpc) is 3.68. The Labute approximate surface area is 252 Å². The van der Waals surface area contributed by atoms with Crippen molar-refractivity contribution < 1.29 is 33.8 Å². The van der Waals surface area contributed by atoms with Gasteiger partial charge >= 0.3 is 5.97 Å². The Bertz CT molecular complexity index is 1290. The summed E-state index contributed by atoms with van der Waals surface area (Å²) in [4.78, 5) is 58.9. The average molecular weight is 592 g/mol. The fraction of sp³-hybridized carbons (Fsp3) is 0.576. The molecule has 0 aromatic heterocycles. The molecule has 6 rings (SSSR count). The van der Waals surface area contributed by atoms with Crippen LogP contribution in [0.2, 0.25) is 0 Å². The minimum atomic E-state index is -1.34. The highest BCUT2D eigenvalue weighted by Crippen LogP contribution is 2.56. The molecule has 3 fully saturated rings. The van der Waals surface area contributed by atoms with E-state index in [1.54, 1.807) is 19.1 Å². The van der Waals surface area contributed by atoms with Gasteiger partial charge in [-0.2, -0.15) is 0 Å². The molecule has 10 heteroatoms. The van der Waals surface area contributed by atoms with E-state index in [4.69, 9.17) is 9.47 Å². The molecule has 1 aliphatic carbocycles. The Morgan fingerprint density at radius 1 is 1.05 bits per heavy atom. The van der Waals surface area contributed by atoms with Crippen LogP contribution in [0.3, 0.4) is 0 Å². The molecule has 1 spiro atoms. The molecule has 0 radical (unpaired) electrons. The van der Waals surface area contributed by atoms with Gasteiger partial charge in [0.2, 0.25) is 17.7 Å². The Balaban J connectivity index is 1.41. The number of likely N-dealkylation sites (tertiary alicyclic amines) is 1. The summed E-state index contributed by atoms with van der Waals surface area (Å²) < 4.78 is 12.6. The van der Waals surface area contributed by atoms with Crippen LogP contribution in [0.25, 0.3) is 0 Å². The van der Waals surface area contributed by atoms with Gasteiger partial charge < -0.3 is 29.7 Å². The lowest BCUT2D eigenvalue weighted by Gasteiger charge is -2.41. The second-order valence-electron chi connectivity index (χ2n) is 12.4. The van der Waals surface area contributed by atoms with Crippen LogP contribution in [0.15, 0.2) is 54.6 Å². The number of hydrogen-bond acceptors (Lipinski definition) is 7. The smallest absolute Gasteiger partial charge is 0.313 e. The molecule has 4 aliphatic heterocycles. The zero-order valence-electron chi connectivity index (χ0n) is 24.6. The van der Waals surface area contributed by atoms with Gasteiger partial charge in [-0.05, 0) is 31.7 Å². The summed E-state index contributed by atoms with van der Waals surface area (Å²) in [5.74, 6) is -3.35. The first-order valence-corrected chi connectivity index (χ1v) is 15.6. The Hall–Kier alpha value is -3.50. The lowest BCUT2D eigenvalue weighted by Crippen LogP contribution is -2.59. The van der Waals surface area contributed by atoms with Gasteiger partial charge in [0.15, 0.2) is 0 Å². The Morgan fingerprint density at radius 3 is 2.56 bits per heavy atom. The van der Waals surface area contributed by atoms with Gasteiger partial charge in [-0.15, -0.1) is 0 Å². The summed E-state index contributed by atoms with van der Waals surface area (Å²) in [7, 11) is 0. The quantitative estimate of drug-likeness (QED) is 0.407. The highest BCUT2D eigenvalue weighted by atomic mass is 16.6. The number of amides is 3. The zero-order valence-corrected chi connectivity index (χ0v) is 24.6. The number of rotatable bonds is 4. The van der Waals surface area contributed by atoms with Gasteiger partial charge in [0.25, 0.3) is 0 Å². The first-order valence-electron chi connectivity index (χ1n) is 15.6. The number of allylic oxidation sites excluding steroid dienone is 1. The van der Waals surface area contributed by atoms with Crippen molar-refractivity contribution >= 4 is 23.7 Å². The summed E-state index contributed by atoms with van der Waals surface area (Å²) in [6.07, 6.45) is 11.5. The Kier molecular flexibility index (Phi) is 8.42. The lowest BCUT2D eigenvalue weighted by molar-refractivity contribution is -0.160. The number of hydrogen-bond donors (Lipinski definition) is 2. The number of carbonyl (C=O) groups is 4. The number of benzene rings is 1. The number of aliphatic hydroxyl groups excluding tert-OH is 1. The second-order valence-corrected chi connectivity index (χ2v) is 12.4. The van der Waals surface area contributed by atoms with E-state index in [2.05, 4.69) is 5.32 Å². The molecule has 5 bridgehead atoms. The molecule has 1 aromatic rings. The number of carbonyl (C=O) groups excluding carboxylic acids is 4. The number of fused-ring (bicyclic) bond motifs is 2. The van der Waals surface area contributed by atoms with Crippen LogP contribution in [-0.2, 0) is 28.7 Å². The second kappa shape index (κ2) is 12.2.